The summed E-state index contributed by atoms with van der Waals surface area (Å²) in [5.41, 5.74) is 1.26. The number of rotatable bonds is 0. The lowest BCUT2D eigenvalue weighted by Crippen LogP contribution is -2.09. The second kappa shape index (κ2) is 3.29. The van der Waals surface area contributed by atoms with E-state index in [2.05, 4.69) is 5.32 Å². The molecule has 1 amide bonds. The highest BCUT2D eigenvalue weighted by molar-refractivity contribution is 5.92. The summed E-state index contributed by atoms with van der Waals surface area (Å²) >= 11 is 0. The molecule has 0 spiro atoms. The van der Waals surface area contributed by atoms with Crippen molar-refractivity contribution in [2.24, 2.45) is 0 Å². The third-order valence-corrected chi connectivity index (χ3v) is 2.30. The lowest BCUT2D eigenvalue weighted by Gasteiger charge is -2.07. The lowest BCUT2D eigenvalue weighted by atomic mass is 10.1. The van der Waals surface area contributed by atoms with E-state index >= 15 is 0 Å². The number of hydrogen-bond donors (Lipinski definition) is 2. The van der Waals surface area contributed by atoms with Gasteiger partial charge in [0.1, 0.15) is 0 Å². The monoisotopic (exact) mass is 195 g/mol. The van der Waals surface area contributed by atoms with Crippen LogP contribution in [0, 0.1) is 5.82 Å². The first kappa shape index (κ1) is 8.99. The highest BCUT2D eigenvalue weighted by atomic mass is 19.1. The van der Waals surface area contributed by atoms with E-state index in [1.54, 1.807) is 0 Å². The van der Waals surface area contributed by atoms with Crippen LogP contribution in [-0.2, 0) is 11.2 Å². The number of fused-ring (bicyclic) bond motifs is 1. The van der Waals surface area contributed by atoms with Gasteiger partial charge in [-0.25, -0.2) is 4.39 Å². The van der Waals surface area contributed by atoms with Crippen LogP contribution in [0.2, 0.25) is 0 Å². The van der Waals surface area contributed by atoms with Crippen molar-refractivity contribution in [2.75, 3.05) is 5.32 Å². The van der Waals surface area contributed by atoms with Crippen LogP contribution < -0.4 is 5.32 Å². The summed E-state index contributed by atoms with van der Waals surface area (Å²) in [5, 5.41) is 11.8. The summed E-state index contributed by atoms with van der Waals surface area (Å²) in [6.45, 7) is 0. The number of aryl methyl sites for hydroxylation is 1. The molecule has 3 nitrogen and oxygen atoms in total. The van der Waals surface area contributed by atoms with E-state index in [0.717, 1.165) is 5.56 Å². The van der Waals surface area contributed by atoms with E-state index in [4.69, 9.17) is 5.11 Å². The number of hydrogen-bond acceptors (Lipinski definition) is 2. The number of halogens is 1. The molecule has 1 aliphatic heterocycles. The van der Waals surface area contributed by atoms with Crippen molar-refractivity contribution in [3.63, 3.8) is 0 Å². The summed E-state index contributed by atoms with van der Waals surface area (Å²) in [6, 6.07) is 2.53. The van der Waals surface area contributed by atoms with Crippen molar-refractivity contribution in [3.05, 3.63) is 23.5 Å². The van der Waals surface area contributed by atoms with Gasteiger partial charge in [-0.3, -0.25) is 4.79 Å². The van der Waals surface area contributed by atoms with E-state index < -0.39 is 11.6 Å². The Bertz CT molecular complexity index is 390. The molecule has 0 unspecified atom stereocenters. The molecule has 2 rings (SSSR count). The van der Waals surface area contributed by atoms with Crippen molar-refractivity contribution in [2.45, 2.75) is 19.3 Å². The number of benzene rings is 1. The summed E-state index contributed by atoms with van der Waals surface area (Å²) in [5.74, 6) is -1.15. The minimum atomic E-state index is -0.639. The van der Waals surface area contributed by atoms with Crippen LogP contribution in [0.1, 0.15) is 18.4 Å². The zero-order valence-corrected chi connectivity index (χ0v) is 7.51. The molecule has 0 saturated carbocycles. The first-order chi connectivity index (χ1) is 6.66. The Morgan fingerprint density at radius 1 is 1.36 bits per heavy atom. The van der Waals surface area contributed by atoms with Gasteiger partial charge >= 0.3 is 0 Å². The van der Waals surface area contributed by atoms with E-state index in [9.17, 15) is 9.18 Å². The lowest BCUT2D eigenvalue weighted by molar-refractivity contribution is -0.116. The van der Waals surface area contributed by atoms with Gasteiger partial charge in [-0.1, -0.05) is 0 Å². The number of carbonyl (C=O) groups is 1. The van der Waals surface area contributed by atoms with Gasteiger partial charge in [0.25, 0.3) is 0 Å². The summed E-state index contributed by atoms with van der Waals surface area (Å²) in [6.07, 6.45) is 1.81. The Balaban J connectivity index is 2.46. The molecular weight excluding hydrogens is 185 g/mol. The normalized spacial score (nSPS) is 15.6. The standard InChI is InChI=1S/C10H10FNO2/c11-7-4-6-2-1-3-10(14)12-8(6)5-9(7)13/h4-5,13H,1-3H2,(H,12,14). The number of phenolic OH excluding ortho intramolecular Hbond substituents is 1. The van der Waals surface area contributed by atoms with Crippen LogP contribution in [0.15, 0.2) is 12.1 Å². The van der Waals surface area contributed by atoms with E-state index in [0.29, 0.717) is 24.9 Å². The van der Waals surface area contributed by atoms with Crippen molar-refractivity contribution in [3.8, 4) is 5.75 Å². The number of carbonyl (C=O) groups excluding carboxylic acids is 1. The van der Waals surface area contributed by atoms with Crippen molar-refractivity contribution in [1.29, 1.82) is 0 Å². The van der Waals surface area contributed by atoms with Crippen molar-refractivity contribution in [1.82, 2.24) is 0 Å². The summed E-state index contributed by atoms with van der Waals surface area (Å²) < 4.78 is 13.0. The van der Waals surface area contributed by atoms with Gasteiger partial charge in [-0.2, -0.15) is 0 Å². The third-order valence-electron chi connectivity index (χ3n) is 2.30. The predicted octanol–water partition coefficient (Wildman–Crippen LogP) is 1.81. The molecule has 0 aromatic heterocycles. The number of anilines is 1. The Morgan fingerprint density at radius 3 is 2.93 bits per heavy atom. The molecule has 74 valence electrons. The van der Waals surface area contributed by atoms with Gasteiger partial charge in [0.05, 0.1) is 0 Å². The first-order valence-corrected chi connectivity index (χ1v) is 4.48. The molecule has 0 aliphatic carbocycles. The Hall–Kier alpha value is -1.58. The number of aromatic hydroxyl groups is 1. The highest BCUT2D eigenvalue weighted by Gasteiger charge is 2.15. The minimum absolute atomic E-state index is 0.0882. The van der Waals surface area contributed by atoms with Crippen LogP contribution in [-0.4, -0.2) is 11.0 Å². The van der Waals surface area contributed by atoms with Crippen LogP contribution in [0.5, 0.6) is 5.75 Å². The Labute approximate surface area is 80.6 Å². The number of nitrogens with one attached hydrogen (secondary N) is 1. The topological polar surface area (TPSA) is 49.3 Å². The average Bonchev–Trinajstić information content (AvgIpc) is 2.28. The SMILES string of the molecule is O=C1CCCc2cc(F)c(O)cc2N1. The van der Waals surface area contributed by atoms with Gasteiger partial charge < -0.3 is 10.4 Å². The van der Waals surface area contributed by atoms with Gasteiger partial charge in [0.15, 0.2) is 11.6 Å². The maximum absolute atomic E-state index is 13.0. The highest BCUT2D eigenvalue weighted by Crippen LogP contribution is 2.28. The predicted molar refractivity (Wildman–Crippen MR) is 49.6 cm³/mol. The Morgan fingerprint density at radius 2 is 2.14 bits per heavy atom. The van der Waals surface area contributed by atoms with Crippen molar-refractivity contribution < 1.29 is 14.3 Å². The molecule has 14 heavy (non-hydrogen) atoms. The molecule has 0 atom stereocenters. The fourth-order valence-corrected chi connectivity index (χ4v) is 1.58. The molecule has 4 heteroatoms. The fraction of sp³-hybridized carbons (Fsp3) is 0.300. The van der Waals surface area contributed by atoms with Crippen LogP contribution in [0.25, 0.3) is 0 Å². The molecular formula is C10H10FNO2. The summed E-state index contributed by atoms with van der Waals surface area (Å²) in [7, 11) is 0. The smallest absolute Gasteiger partial charge is 0.224 e. The van der Waals surface area contributed by atoms with E-state index in [1.807, 2.05) is 0 Å². The van der Waals surface area contributed by atoms with E-state index in [-0.39, 0.29) is 5.91 Å². The second-order valence-electron chi connectivity index (χ2n) is 3.36. The van der Waals surface area contributed by atoms with Crippen LogP contribution in [0.4, 0.5) is 10.1 Å². The van der Waals surface area contributed by atoms with Gasteiger partial charge in [-0.05, 0) is 24.5 Å². The van der Waals surface area contributed by atoms with E-state index in [1.165, 1.54) is 12.1 Å². The van der Waals surface area contributed by atoms with Crippen molar-refractivity contribution >= 4 is 11.6 Å². The molecule has 1 heterocycles. The molecule has 2 N–H and O–H groups in total. The molecule has 0 bridgehead atoms. The zero-order valence-electron chi connectivity index (χ0n) is 7.51. The van der Waals surface area contributed by atoms with Gasteiger partial charge in [0.2, 0.25) is 5.91 Å². The molecule has 0 fully saturated rings. The molecule has 1 aliphatic rings. The number of phenols is 1. The molecule has 0 radical (unpaired) electrons. The molecule has 1 aromatic carbocycles. The zero-order chi connectivity index (χ0) is 10.1. The largest absolute Gasteiger partial charge is 0.505 e. The average molecular weight is 195 g/mol. The maximum atomic E-state index is 13.0. The third kappa shape index (κ3) is 1.55. The molecule has 1 aromatic rings. The van der Waals surface area contributed by atoms with Gasteiger partial charge in [0, 0.05) is 18.2 Å². The maximum Gasteiger partial charge on any atom is 0.224 e. The minimum Gasteiger partial charge on any atom is -0.505 e. The Kier molecular flexibility index (Phi) is 2.11. The van der Waals surface area contributed by atoms with Crippen LogP contribution >= 0.6 is 0 Å². The number of amides is 1. The molecule has 0 saturated heterocycles. The second-order valence-corrected chi connectivity index (χ2v) is 3.36. The van der Waals surface area contributed by atoms with Crippen LogP contribution in [0.3, 0.4) is 0 Å². The summed E-state index contributed by atoms with van der Waals surface area (Å²) in [4.78, 5) is 11.2. The quantitative estimate of drug-likeness (QED) is 0.663. The van der Waals surface area contributed by atoms with Gasteiger partial charge in [-0.15, -0.1) is 0 Å². The fourth-order valence-electron chi connectivity index (χ4n) is 1.58. The first-order valence-electron chi connectivity index (χ1n) is 4.48.